The van der Waals surface area contributed by atoms with Crippen molar-refractivity contribution in [2.75, 3.05) is 30.0 Å². The highest BCUT2D eigenvalue weighted by Gasteiger charge is 2.66. The van der Waals surface area contributed by atoms with Crippen molar-refractivity contribution in [2.24, 2.45) is 5.92 Å². The molecule has 2 saturated heterocycles. The average molecular weight is 642 g/mol. The summed E-state index contributed by atoms with van der Waals surface area (Å²) in [5, 5.41) is 9.85. The summed E-state index contributed by atoms with van der Waals surface area (Å²) in [7, 11) is -1.29. The maximum absolute atomic E-state index is 14.3. The fraction of sp³-hybridized carbons (Fsp3) is 0.400. The van der Waals surface area contributed by atoms with Crippen LogP contribution in [0.3, 0.4) is 0 Å². The molecule has 11 heteroatoms. The minimum atomic E-state index is -3.00. The number of carbonyl (C=O) groups is 3. The van der Waals surface area contributed by atoms with E-state index in [-0.39, 0.29) is 36.8 Å². The number of benzene rings is 3. The van der Waals surface area contributed by atoms with Gasteiger partial charge in [0.1, 0.15) is 5.75 Å². The van der Waals surface area contributed by atoms with E-state index in [4.69, 9.17) is 9.47 Å². The zero-order valence-corrected chi connectivity index (χ0v) is 27.5. The summed E-state index contributed by atoms with van der Waals surface area (Å²) >= 11 is 0. The Balaban J connectivity index is 1.33. The number of ether oxygens (including phenoxy) is 2. The van der Waals surface area contributed by atoms with Crippen molar-refractivity contribution in [2.45, 2.75) is 62.6 Å². The van der Waals surface area contributed by atoms with Gasteiger partial charge in [0, 0.05) is 36.3 Å². The number of hydrogen-bond acceptors (Lipinski definition) is 7. The van der Waals surface area contributed by atoms with Crippen molar-refractivity contribution in [3.05, 3.63) is 77.9 Å². The number of likely N-dealkylation sites (tertiary alicyclic amines) is 1. The number of carbonyl (C=O) groups excluding carboxylic acids is 3. The summed E-state index contributed by atoms with van der Waals surface area (Å²) in [6.45, 7) is 6.04. The Labute approximate surface area is 269 Å². The van der Waals surface area contributed by atoms with Crippen LogP contribution in [0.4, 0.5) is 17.1 Å². The topological polar surface area (TPSA) is 120 Å². The summed E-state index contributed by atoms with van der Waals surface area (Å²) in [4.78, 5) is 58.6. The number of anilines is 3. The molecule has 0 saturated carbocycles. The smallest absolute Gasteiger partial charge is 0.266 e. The lowest BCUT2D eigenvalue weighted by molar-refractivity contribution is -0.149. The molecule has 0 bridgehead atoms. The van der Waals surface area contributed by atoms with Gasteiger partial charge in [-0.25, -0.2) is 0 Å². The van der Waals surface area contributed by atoms with Crippen LogP contribution in [-0.4, -0.2) is 73.2 Å². The molecule has 2 N–H and O–H groups in total. The second kappa shape index (κ2) is 11.0. The Morgan fingerprint density at radius 3 is 2.48 bits per heavy atom. The van der Waals surface area contributed by atoms with Crippen LogP contribution >= 0.6 is 0 Å². The Morgan fingerprint density at radius 1 is 1.02 bits per heavy atom. The standard InChI is InChI=1S/C35H39N3O7Si/c1-21-32(46(3,4)43)30(19-31(40)37-17-9-10-23(37)20-39)45-35(21)25-18-22(15-16-26(25)36(2)34(35)42)38-27-12-6-8-14-29(27)44-28-13-7-5-11-24(28)33(38)41/h5-8,11-16,18,21,23,30,32,39,43H,9-10,17,19-20H2,1-4H3/t21-,23+,30+,32-,35+/m1/s1. The zero-order valence-electron chi connectivity index (χ0n) is 26.5. The number of likely N-dealkylation sites (N-methyl/N-ethyl adjacent to an activating group) is 1. The van der Waals surface area contributed by atoms with Gasteiger partial charge in [0.25, 0.3) is 11.8 Å². The molecule has 3 aromatic carbocycles. The van der Waals surface area contributed by atoms with E-state index in [0.29, 0.717) is 46.2 Å². The molecule has 1 spiro atoms. The number of rotatable bonds is 5. The lowest BCUT2D eigenvalue weighted by Gasteiger charge is -2.33. The van der Waals surface area contributed by atoms with Crippen molar-refractivity contribution < 1.29 is 33.8 Å². The zero-order chi connectivity index (χ0) is 32.5. The van der Waals surface area contributed by atoms with E-state index in [1.807, 2.05) is 68.5 Å². The molecule has 0 unspecified atom stereocenters. The second-order valence-corrected chi connectivity index (χ2v) is 17.4. The van der Waals surface area contributed by atoms with Crippen molar-refractivity contribution >= 4 is 43.1 Å². The van der Waals surface area contributed by atoms with Crippen molar-refractivity contribution in [3.8, 4) is 11.5 Å². The third-order valence-corrected chi connectivity index (χ3v) is 12.8. The lowest BCUT2D eigenvalue weighted by Crippen LogP contribution is -2.45. The van der Waals surface area contributed by atoms with Gasteiger partial charge in [0.15, 0.2) is 19.7 Å². The van der Waals surface area contributed by atoms with Gasteiger partial charge in [0.2, 0.25) is 5.91 Å². The summed E-state index contributed by atoms with van der Waals surface area (Å²) in [6, 6.07) is 19.7. The first-order chi connectivity index (χ1) is 22.0. The maximum Gasteiger partial charge on any atom is 0.266 e. The molecule has 3 amide bonds. The van der Waals surface area contributed by atoms with Crippen LogP contribution < -0.4 is 14.5 Å². The van der Waals surface area contributed by atoms with E-state index >= 15 is 0 Å². The molecule has 46 heavy (non-hydrogen) atoms. The summed E-state index contributed by atoms with van der Waals surface area (Å²) < 4.78 is 13.0. The van der Waals surface area contributed by atoms with Gasteiger partial charge in [-0.2, -0.15) is 0 Å². The van der Waals surface area contributed by atoms with Gasteiger partial charge in [-0.15, -0.1) is 0 Å². The molecule has 3 aromatic rings. The van der Waals surface area contributed by atoms with Crippen molar-refractivity contribution in [3.63, 3.8) is 0 Å². The fourth-order valence-corrected chi connectivity index (χ4v) is 10.8. The van der Waals surface area contributed by atoms with Crippen LogP contribution in [0.5, 0.6) is 11.5 Å². The predicted molar refractivity (Wildman–Crippen MR) is 175 cm³/mol. The van der Waals surface area contributed by atoms with E-state index in [1.54, 1.807) is 39.9 Å². The molecule has 2 fully saturated rings. The van der Waals surface area contributed by atoms with Gasteiger partial charge in [-0.3, -0.25) is 19.3 Å². The lowest BCUT2D eigenvalue weighted by atomic mass is 9.82. The minimum Gasteiger partial charge on any atom is -0.454 e. The normalized spacial score (nSPS) is 27.0. The van der Waals surface area contributed by atoms with Gasteiger partial charge >= 0.3 is 0 Å². The number of fused-ring (bicyclic) bond motifs is 4. The van der Waals surface area contributed by atoms with Crippen LogP contribution in [-0.2, 0) is 19.9 Å². The molecule has 240 valence electrons. The van der Waals surface area contributed by atoms with E-state index in [1.165, 1.54) is 0 Å². The predicted octanol–water partition coefficient (Wildman–Crippen LogP) is 4.92. The largest absolute Gasteiger partial charge is 0.454 e. The third-order valence-electron chi connectivity index (χ3n) is 10.3. The Kier molecular flexibility index (Phi) is 7.35. The Morgan fingerprint density at radius 2 is 1.74 bits per heavy atom. The van der Waals surface area contributed by atoms with Crippen LogP contribution in [0, 0.1) is 5.92 Å². The summed E-state index contributed by atoms with van der Waals surface area (Å²) in [6.07, 6.45) is 0.856. The number of para-hydroxylation sites is 3. The third kappa shape index (κ3) is 4.51. The summed E-state index contributed by atoms with van der Waals surface area (Å²) in [5.74, 6) is -0.184. The maximum atomic E-state index is 14.3. The monoisotopic (exact) mass is 641 g/mol. The molecular formula is C35H39N3O7Si. The Bertz CT molecular complexity index is 1740. The molecule has 5 atom stereocenters. The second-order valence-electron chi connectivity index (χ2n) is 13.4. The van der Waals surface area contributed by atoms with Crippen molar-refractivity contribution in [1.29, 1.82) is 0 Å². The first-order valence-corrected chi connectivity index (χ1v) is 18.9. The van der Waals surface area contributed by atoms with Gasteiger partial charge < -0.3 is 29.2 Å². The molecule has 0 aromatic heterocycles. The first kappa shape index (κ1) is 30.6. The van der Waals surface area contributed by atoms with Crippen molar-refractivity contribution in [1.82, 2.24) is 4.90 Å². The molecule has 4 aliphatic heterocycles. The average Bonchev–Trinajstić information content (AvgIpc) is 3.66. The molecule has 10 nitrogen and oxygen atoms in total. The van der Waals surface area contributed by atoms with Gasteiger partial charge in [0.05, 0.1) is 42.1 Å². The van der Waals surface area contributed by atoms with Crippen LogP contribution in [0.15, 0.2) is 66.7 Å². The SMILES string of the molecule is C[C@@H]1[C@@H]([Si](C)(C)O)[C@H](CC(=O)N2CCC[C@H]2CO)O[C@@]12C(=O)N(C)c1ccc(N3C(=O)c4ccccc4Oc4ccccc43)cc12. The van der Waals surface area contributed by atoms with Crippen LogP contribution in [0.25, 0.3) is 0 Å². The number of aliphatic hydroxyl groups excluding tert-OH is 1. The molecule has 0 aliphatic carbocycles. The van der Waals surface area contributed by atoms with Gasteiger partial charge in [-0.1, -0.05) is 31.2 Å². The number of nitrogens with zero attached hydrogens (tertiary/aromatic N) is 3. The van der Waals surface area contributed by atoms with E-state index in [0.717, 1.165) is 12.8 Å². The minimum absolute atomic E-state index is 0.00236. The molecule has 4 aliphatic rings. The Hall–Kier alpha value is -4.03. The van der Waals surface area contributed by atoms with E-state index in [9.17, 15) is 24.3 Å². The number of amides is 3. The number of hydrogen-bond donors (Lipinski definition) is 2. The van der Waals surface area contributed by atoms with Gasteiger partial charge in [-0.05, 0) is 68.4 Å². The molecule has 0 radical (unpaired) electrons. The van der Waals surface area contributed by atoms with E-state index in [2.05, 4.69) is 0 Å². The fourth-order valence-electron chi connectivity index (χ4n) is 8.22. The first-order valence-electron chi connectivity index (χ1n) is 15.9. The van der Waals surface area contributed by atoms with Crippen LogP contribution in [0.2, 0.25) is 18.6 Å². The summed E-state index contributed by atoms with van der Waals surface area (Å²) in [5.41, 5.74) is 0.852. The quantitative estimate of drug-likeness (QED) is 0.380. The highest BCUT2D eigenvalue weighted by molar-refractivity contribution is 6.71. The molecule has 4 heterocycles. The molecular weight excluding hydrogens is 602 g/mol. The highest BCUT2D eigenvalue weighted by atomic mass is 28.4. The highest BCUT2D eigenvalue weighted by Crippen LogP contribution is 2.60. The molecule has 7 rings (SSSR count). The van der Waals surface area contributed by atoms with Crippen LogP contribution in [0.1, 0.15) is 42.1 Å². The van der Waals surface area contributed by atoms with E-state index < -0.39 is 31.5 Å². The number of aliphatic hydroxyl groups is 1.